The lowest BCUT2D eigenvalue weighted by atomic mass is 10.0. The number of allylic oxidation sites excluding steroid dienone is 3. The first-order valence-corrected chi connectivity index (χ1v) is 14.3. The SMILES string of the molecule is C=CCCc1nc(-c2ccc(OCCCN(CC)CC)cc2)cn1-c1ccc(OC2C=CC(F)=C(C(F)(F)F)C2)cc1. The molecule has 0 saturated heterocycles. The molecule has 3 aromatic rings. The first kappa shape index (κ1) is 31.1. The van der Waals surface area contributed by atoms with Gasteiger partial charge in [-0.15, -0.1) is 6.58 Å². The minimum absolute atomic E-state index is 0.387. The minimum Gasteiger partial charge on any atom is -0.494 e. The Hall–Kier alpha value is -3.85. The molecule has 5 nitrogen and oxygen atoms in total. The van der Waals surface area contributed by atoms with Gasteiger partial charge in [0, 0.05) is 36.8 Å². The molecule has 4 rings (SSSR count). The molecule has 1 aliphatic carbocycles. The van der Waals surface area contributed by atoms with E-state index in [2.05, 4.69) is 25.3 Å². The molecule has 0 amide bonds. The smallest absolute Gasteiger partial charge is 0.415 e. The molecule has 2 aromatic carbocycles. The standard InChI is InChI=1S/C33H37F4N3O2/c1-4-7-9-32-38-31(24-10-14-26(15-11-24)41-21-8-20-39(5-2)6-3)23-40(32)25-12-16-27(17-13-25)42-28-18-19-30(34)29(22-28)33(35,36)37/h4,10-19,23,28H,1,5-9,20-22H2,2-3H3. The summed E-state index contributed by atoms with van der Waals surface area (Å²) in [6.45, 7) is 11.9. The van der Waals surface area contributed by atoms with Crippen molar-refractivity contribution in [1.29, 1.82) is 0 Å². The largest absolute Gasteiger partial charge is 0.494 e. The maximum Gasteiger partial charge on any atom is 0.415 e. The number of aryl methyl sites for hydroxylation is 1. The summed E-state index contributed by atoms with van der Waals surface area (Å²) in [6.07, 6.45) is 2.08. The Morgan fingerprint density at radius 3 is 2.38 bits per heavy atom. The number of ether oxygens (including phenoxy) is 2. The Balaban J connectivity index is 1.44. The summed E-state index contributed by atoms with van der Waals surface area (Å²) in [5.41, 5.74) is 1.38. The summed E-state index contributed by atoms with van der Waals surface area (Å²) < 4.78 is 66.6. The van der Waals surface area contributed by atoms with Crippen molar-refractivity contribution >= 4 is 0 Å². The number of aromatic nitrogens is 2. The number of halogens is 4. The third kappa shape index (κ3) is 8.12. The molecular formula is C33H37F4N3O2. The van der Waals surface area contributed by atoms with E-state index in [-0.39, 0.29) is 0 Å². The van der Waals surface area contributed by atoms with Crippen molar-refractivity contribution in [3.63, 3.8) is 0 Å². The quantitative estimate of drug-likeness (QED) is 0.109. The van der Waals surface area contributed by atoms with Crippen LogP contribution in [-0.2, 0) is 6.42 Å². The highest BCUT2D eigenvalue weighted by Crippen LogP contribution is 2.36. The van der Waals surface area contributed by atoms with Gasteiger partial charge in [-0.1, -0.05) is 19.9 Å². The summed E-state index contributed by atoms with van der Waals surface area (Å²) in [5, 5.41) is 0. The van der Waals surface area contributed by atoms with Crippen LogP contribution in [0.25, 0.3) is 16.9 Å². The van der Waals surface area contributed by atoms with Gasteiger partial charge in [-0.25, -0.2) is 9.37 Å². The van der Waals surface area contributed by atoms with Crippen molar-refractivity contribution in [2.45, 2.75) is 51.8 Å². The average molecular weight is 584 g/mol. The number of hydrogen-bond acceptors (Lipinski definition) is 4. The van der Waals surface area contributed by atoms with Gasteiger partial charge in [-0.05, 0) is 86.6 Å². The van der Waals surface area contributed by atoms with Gasteiger partial charge in [0.05, 0.1) is 17.9 Å². The molecule has 1 atom stereocenters. The van der Waals surface area contributed by atoms with Gasteiger partial charge in [0.2, 0.25) is 0 Å². The highest BCUT2D eigenvalue weighted by Gasteiger charge is 2.39. The molecule has 0 N–H and O–H groups in total. The maximum atomic E-state index is 13.7. The van der Waals surface area contributed by atoms with Crippen molar-refractivity contribution in [1.82, 2.24) is 14.5 Å². The number of nitrogens with zero attached hydrogens (tertiary/aromatic N) is 3. The lowest BCUT2D eigenvalue weighted by Crippen LogP contribution is -2.25. The first-order valence-electron chi connectivity index (χ1n) is 14.3. The van der Waals surface area contributed by atoms with Gasteiger partial charge in [-0.2, -0.15) is 13.2 Å². The lowest BCUT2D eigenvalue weighted by Gasteiger charge is -2.22. The zero-order valence-electron chi connectivity index (χ0n) is 24.0. The van der Waals surface area contributed by atoms with Crippen LogP contribution in [-0.4, -0.2) is 53.0 Å². The second-order valence-corrected chi connectivity index (χ2v) is 10.0. The Morgan fingerprint density at radius 2 is 1.74 bits per heavy atom. The van der Waals surface area contributed by atoms with Crippen LogP contribution in [0.4, 0.5) is 17.6 Å². The van der Waals surface area contributed by atoms with Crippen molar-refractivity contribution in [2.75, 3.05) is 26.2 Å². The molecule has 0 saturated carbocycles. The van der Waals surface area contributed by atoms with Crippen molar-refractivity contribution < 1.29 is 27.0 Å². The van der Waals surface area contributed by atoms with Crippen molar-refractivity contribution in [3.8, 4) is 28.4 Å². The number of hydrogen-bond donors (Lipinski definition) is 0. The van der Waals surface area contributed by atoms with Crippen LogP contribution in [0, 0.1) is 0 Å². The first-order chi connectivity index (χ1) is 20.2. The molecular weight excluding hydrogens is 546 g/mol. The molecule has 0 bridgehead atoms. The average Bonchev–Trinajstić information content (AvgIpc) is 3.41. The number of benzene rings is 2. The van der Waals surface area contributed by atoms with Crippen LogP contribution in [0.2, 0.25) is 0 Å². The fourth-order valence-electron chi connectivity index (χ4n) is 4.78. The molecule has 1 heterocycles. The van der Waals surface area contributed by atoms with Gasteiger partial charge in [0.15, 0.2) is 0 Å². The zero-order valence-corrected chi connectivity index (χ0v) is 24.0. The highest BCUT2D eigenvalue weighted by atomic mass is 19.4. The highest BCUT2D eigenvalue weighted by molar-refractivity contribution is 5.61. The maximum absolute atomic E-state index is 13.7. The molecule has 0 spiro atoms. The number of alkyl halides is 3. The fraction of sp³-hybridized carbons (Fsp3) is 0.364. The van der Waals surface area contributed by atoms with Gasteiger partial charge >= 0.3 is 6.18 Å². The van der Waals surface area contributed by atoms with E-state index in [1.807, 2.05) is 53.2 Å². The number of imidazole rings is 1. The summed E-state index contributed by atoms with van der Waals surface area (Å²) in [4.78, 5) is 7.24. The molecule has 0 radical (unpaired) electrons. The Bertz CT molecular complexity index is 1370. The van der Waals surface area contributed by atoms with E-state index in [1.165, 1.54) is 6.08 Å². The molecule has 9 heteroatoms. The van der Waals surface area contributed by atoms with Crippen molar-refractivity contribution in [3.05, 3.63) is 96.8 Å². The van der Waals surface area contributed by atoms with Crippen LogP contribution >= 0.6 is 0 Å². The van der Waals surface area contributed by atoms with Crippen molar-refractivity contribution in [2.24, 2.45) is 0 Å². The predicted octanol–water partition coefficient (Wildman–Crippen LogP) is 8.26. The molecule has 42 heavy (non-hydrogen) atoms. The van der Waals surface area contributed by atoms with Crippen LogP contribution in [0.1, 0.15) is 38.9 Å². The predicted molar refractivity (Wildman–Crippen MR) is 158 cm³/mol. The van der Waals surface area contributed by atoms with E-state index in [0.717, 1.165) is 67.1 Å². The fourth-order valence-corrected chi connectivity index (χ4v) is 4.78. The van der Waals surface area contributed by atoms with Gasteiger partial charge in [-0.3, -0.25) is 0 Å². The summed E-state index contributed by atoms with van der Waals surface area (Å²) >= 11 is 0. The van der Waals surface area contributed by atoms with E-state index in [9.17, 15) is 17.6 Å². The summed E-state index contributed by atoms with van der Waals surface area (Å²) in [5.74, 6) is 0.779. The molecule has 0 fully saturated rings. The third-order valence-corrected chi connectivity index (χ3v) is 7.18. The number of rotatable bonds is 14. The molecule has 1 aliphatic rings. The second-order valence-electron chi connectivity index (χ2n) is 10.0. The van der Waals surface area contributed by atoms with E-state index < -0.39 is 30.1 Å². The van der Waals surface area contributed by atoms with Gasteiger partial charge in [0.1, 0.15) is 29.3 Å². The van der Waals surface area contributed by atoms with E-state index >= 15 is 0 Å². The summed E-state index contributed by atoms with van der Waals surface area (Å²) in [7, 11) is 0. The molecule has 1 aromatic heterocycles. The Kier molecular flexibility index (Phi) is 10.6. The van der Waals surface area contributed by atoms with Crippen LogP contribution in [0.3, 0.4) is 0 Å². The monoisotopic (exact) mass is 583 g/mol. The lowest BCUT2D eigenvalue weighted by molar-refractivity contribution is -0.0979. The topological polar surface area (TPSA) is 39.5 Å². The second kappa shape index (κ2) is 14.4. The minimum atomic E-state index is -4.74. The van der Waals surface area contributed by atoms with Gasteiger partial charge < -0.3 is 18.9 Å². The summed E-state index contributed by atoms with van der Waals surface area (Å²) in [6, 6.07) is 14.9. The molecule has 0 aliphatic heterocycles. The molecule has 224 valence electrons. The zero-order chi connectivity index (χ0) is 30.1. The third-order valence-electron chi connectivity index (χ3n) is 7.18. The van der Waals surface area contributed by atoms with Crippen LogP contribution in [0.15, 0.2) is 90.9 Å². The van der Waals surface area contributed by atoms with Crippen LogP contribution < -0.4 is 9.47 Å². The van der Waals surface area contributed by atoms with E-state index in [4.69, 9.17) is 14.5 Å². The Morgan fingerprint density at radius 1 is 1.05 bits per heavy atom. The molecule has 1 unspecified atom stereocenters. The van der Waals surface area contributed by atoms with Gasteiger partial charge in [0.25, 0.3) is 0 Å². The van der Waals surface area contributed by atoms with E-state index in [0.29, 0.717) is 18.8 Å². The normalized spacial score (nSPS) is 15.4. The van der Waals surface area contributed by atoms with E-state index in [1.54, 1.807) is 12.1 Å². The Labute approximate surface area is 244 Å². The van der Waals surface area contributed by atoms with Crippen LogP contribution in [0.5, 0.6) is 11.5 Å².